The van der Waals surface area contributed by atoms with Crippen LogP contribution in [0, 0.1) is 5.92 Å². The molecule has 1 saturated carbocycles. The zero-order valence-corrected chi connectivity index (χ0v) is 12.7. The van der Waals surface area contributed by atoms with E-state index in [0.717, 1.165) is 37.3 Å². The van der Waals surface area contributed by atoms with Crippen LogP contribution in [0.3, 0.4) is 0 Å². The van der Waals surface area contributed by atoms with E-state index in [1.807, 2.05) is 17.0 Å². The largest absolute Gasteiger partial charge is 0.486 e. The predicted molar refractivity (Wildman–Crippen MR) is 82.1 cm³/mol. The van der Waals surface area contributed by atoms with Crippen molar-refractivity contribution in [2.75, 3.05) is 26.3 Å². The normalized spacial score (nSPS) is 30.0. The molecule has 3 unspecified atom stereocenters. The summed E-state index contributed by atoms with van der Waals surface area (Å²) in [6, 6.07) is 6.20. The minimum Gasteiger partial charge on any atom is -0.486 e. The molecule has 0 bridgehead atoms. The first-order valence-electron chi connectivity index (χ1n) is 8.16. The third kappa shape index (κ3) is 2.54. The first-order chi connectivity index (χ1) is 10.7. The molecule has 1 aromatic carbocycles. The molecule has 5 nitrogen and oxygen atoms in total. The number of rotatable bonds is 2. The van der Waals surface area contributed by atoms with E-state index in [4.69, 9.17) is 15.2 Å². The summed E-state index contributed by atoms with van der Waals surface area (Å²) in [6.07, 6.45) is 2.98. The van der Waals surface area contributed by atoms with Gasteiger partial charge in [-0.15, -0.1) is 0 Å². The molecule has 1 saturated heterocycles. The lowest BCUT2D eigenvalue weighted by Gasteiger charge is -2.31. The van der Waals surface area contributed by atoms with E-state index in [1.165, 1.54) is 5.56 Å². The van der Waals surface area contributed by atoms with E-state index in [1.54, 1.807) is 0 Å². The Kier molecular flexibility index (Phi) is 3.45. The lowest BCUT2D eigenvalue weighted by atomic mass is 10.0. The molecule has 2 heterocycles. The van der Waals surface area contributed by atoms with Gasteiger partial charge in [-0.05, 0) is 42.9 Å². The predicted octanol–water partition coefficient (Wildman–Crippen LogP) is 1.51. The smallest absolute Gasteiger partial charge is 0.226 e. The number of amides is 1. The highest BCUT2D eigenvalue weighted by atomic mass is 16.6. The number of hydrogen-bond donors (Lipinski definition) is 1. The lowest BCUT2D eigenvalue weighted by molar-refractivity contribution is -0.133. The van der Waals surface area contributed by atoms with Crippen LogP contribution in [0.15, 0.2) is 18.2 Å². The van der Waals surface area contributed by atoms with E-state index in [-0.39, 0.29) is 17.9 Å². The Morgan fingerprint density at radius 2 is 2.05 bits per heavy atom. The average molecular weight is 302 g/mol. The molecule has 1 aliphatic carbocycles. The van der Waals surface area contributed by atoms with Crippen LogP contribution in [-0.4, -0.2) is 43.2 Å². The zero-order valence-electron chi connectivity index (χ0n) is 12.7. The highest BCUT2D eigenvalue weighted by molar-refractivity contribution is 5.83. The van der Waals surface area contributed by atoms with E-state index in [0.29, 0.717) is 25.7 Å². The van der Waals surface area contributed by atoms with Crippen molar-refractivity contribution in [2.24, 2.45) is 11.7 Å². The Morgan fingerprint density at radius 3 is 2.86 bits per heavy atom. The number of carbonyl (C=O) groups is 1. The Labute approximate surface area is 130 Å². The third-order valence-corrected chi connectivity index (χ3v) is 4.87. The lowest BCUT2D eigenvalue weighted by Crippen LogP contribution is -2.46. The number of fused-ring (bicyclic) bond motifs is 1. The van der Waals surface area contributed by atoms with Gasteiger partial charge in [-0.2, -0.15) is 0 Å². The Balaban J connectivity index is 1.44. The topological polar surface area (TPSA) is 64.8 Å². The molecular weight excluding hydrogens is 280 g/mol. The van der Waals surface area contributed by atoms with Crippen LogP contribution in [0.5, 0.6) is 11.5 Å². The molecule has 2 fully saturated rings. The van der Waals surface area contributed by atoms with Crippen LogP contribution < -0.4 is 15.2 Å². The minimum absolute atomic E-state index is 0.118. The second-order valence-electron chi connectivity index (χ2n) is 6.54. The Morgan fingerprint density at radius 1 is 1.23 bits per heavy atom. The number of ether oxygens (including phenoxy) is 2. The van der Waals surface area contributed by atoms with Crippen molar-refractivity contribution < 1.29 is 14.3 Å². The Bertz CT molecular complexity index is 589. The first-order valence-corrected chi connectivity index (χ1v) is 8.16. The molecule has 3 atom stereocenters. The Hall–Kier alpha value is -1.75. The average Bonchev–Trinajstić information content (AvgIpc) is 3.34. The summed E-state index contributed by atoms with van der Waals surface area (Å²) in [5, 5.41) is 0. The fourth-order valence-electron chi connectivity index (χ4n) is 3.57. The summed E-state index contributed by atoms with van der Waals surface area (Å²) < 4.78 is 11.2. The van der Waals surface area contributed by atoms with Gasteiger partial charge >= 0.3 is 0 Å². The fourth-order valence-corrected chi connectivity index (χ4v) is 3.57. The maximum atomic E-state index is 12.6. The van der Waals surface area contributed by atoms with E-state index in [9.17, 15) is 4.79 Å². The van der Waals surface area contributed by atoms with Gasteiger partial charge in [0.25, 0.3) is 0 Å². The van der Waals surface area contributed by atoms with Gasteiger partial charge in [-0.1, -0.05) is 6.07 Å². The molecule has 0 aromatic heterocycles. The summed E-state index contributed by atoms with van der Waals surface area (Å²) in [7, 11) is 0. The molecule has 1 aromatic rings. The number of carbonyl (C=O) groups excluding carboxylic acids is 1. The van der Waals surface area contributed by atoms with Crippen LogP contribution >= 0.6 is 0 Å². The van der Waals surface area contributed by atoms with Gasteiger partial charge in [-0.25, -0.2) is 0 Å². The van der Waals surface area contributed by atoms with Crippen LogP contribution in [0.25, 0.3) is 0 Å². The van der Waals surface area contributed by atoms with Crippen molar-refractivity contribution in [3.8, 4) is 11.5 Å². The van der Waals surface area contributed by atoms with Gasteiger partial charge < -0.3 is 20.1 Å². The highest BCUT2D eigenvalue weighted by Gasteiger charge is 2.46. The molecule has 0 spiro atoms. The van der Waals surface area contributed by atoms with Crippen LogP contribution in [0.1, 0.15) is 30.7 Å². The maximum Gasteiger partial charge on any atom is 0.226 e. The standard InChI is InChI=1S/C17H22N2O3/c18-12-2-1-5-19(10-12)17(20)14-9-13(14)11-3-4-15-16(8-11)22-7-6-21-15/h3-4,8,12-14H,1-2,5-7,9-10,18H2. The molecule has 4 rings (SSSR count). The first kappa shape index (κ1) is 13.9. The summed E-state index contributed by atoms with van der Waals surface area (Å²) in [5.41, 5.74) is 7.17. The molecule has 0 radical (unpaired) electrons. The summed E-state index contributed by atoms with van der Waals surface area (Å²) in [6.45, 7) is 2.77. The molecule has 1 amide bonds. The second kappa shape index (κ2) is 5.47. The SMILES string of the molecule is NC1CCCN(C(=O)C2CC2c2ccc3c(c2)OCCO3)C1. The number of nitrogens with zero attached hydrogens (tertiary/aromatic N) is 1. The third-order valence-electron chi connectivity index (χ3n) is 4.87. The molecule has 2 aliphatic heterocycles. The highest BCUT2D eigenvalue weighted by Crippen LogP contribution is 2.50. The van der Waals surface area contributed by atoms with Gasteiger partial charge in [0.05, 0.1) is 0 Å². The fraction of sp³-hybridized carbons (Fsp3) is 0.588. The number of nitrogens with two attached hydrogens (primary N) is 1. The van der Waals surface area contributed by atoms with Gasteiger partial charge in [-0.3, -0.25) is 4.79 Å². The summed E-state index contributed by atoms with van der Waals surface area (Å²) in [4.78, 5) is 14.5. The van der Waals surface area contributed by atoms with Crippen molar-refractivity contribution in [3.05, 3.63) is 23.8 Å². The molecule has 5 heteroatoms. The van der Waals surface area contributed by atoms with Crippen LogP contribution in [0.2, 0.25) is 0 Å². The van der Waals surface area contributed by atoms with Gasteiger partial charge in [0.1, 0.15) is 13.2 Å². The second-order valence-corrected chi connectivity index (χ2v) is 6.54. The molecule has 3 aliphatic rings. The minimum atomic E-state index is 0.118. The van der Waals surface area contributed by atoms with E-state index in [2.05, 4.69) is 6.07 Å². The number of likely N-dealkylation sites (tertiary alicyclic amines) is 1. The quantitative estimate of drug-likeness (QED) is 0.899. The molecular formula is C17H22N2O3. The van der Waals surface area contributed by atoms with Crippen LogP contribution in [-0.2, 0) is 4.79 Å². The van der Waals surface area contributed by atoms with E-state index >= 15 is 0 Å². The van der Waals surface area contributed by atoms with Crippen LogP contribution in [0.4, 0.5) is 0 Å². The number of piperidine rings is 1. The molecule has 118 valence electrons. The maximum absolute atomic E-state index is 12.6. The molecule has 22 heavy (non-hydrogen) atoms. The van der Waals surface area contributed by atoms with Crippen molar-refractivity contribution in [1.29, 1.82) is 0 Å². The van der Waals surface area contributed by atoms with Crippen molar-refractivity contribution in [1.82, 2.24) is 4.90 Å². The van der Waals surface area contributed by atoms with Crippen molar-refractivity contribution in [3.63, 3.8) is 0 Å². The van der Waals surface area contributed by atoms with E-state index < -0.39 is 0 Å². The molecule has 2 N–H and O–H groups in total. The van der Waals surface area contributed by atoms with Gasteiger partial charge in [0, 0.05) is 25.0 Å². The van der Waals surface area contributed by atoms with Crippen molar-refractivity contribution >= 4 is 5.91 Å². The van der Waals surface area contributed by atoms with Gasteiger partial charge in [0.2, 0.25) is 5.91 Å². The monoisotopic (exact) mass is 302 g/mol. The van der Waals surface area contributed by atoms with Gasteiger partial charge in [0.15, 0.2) is 11.5 Å². The summed E-state index contributed by atoms with van der Waals surface area (Å²) >= 11 is 0. The number of benzene rings is 1. The number of hydrogen-bond acceptors (Lipinski definition) is 4. The van der Waals surface area contributed by atoms with Crippen molar-refractivity contribution in [2.45, 2.75) is 31.2 Å². The zero-order chi connectivity index (χ0) is 15.1. The summed E-state index contributed by atoms with van der Waals surface area (Å²) in [5.74, 6) is 2.33.